The van der Waals surface area contributed by atoms with Crippen molar-refractivity contribution >= 4 is 48.8 Å². The Labute approximate surface area is 128 Å². The second kappa shape index (κ2) is 5.34. The Morgan fingerprint density at radius 2 is 2.15 bits per heavy atom. The molecule has 0 unspecified atom stereocenters. The van der Waals surface area contributed by atoms with Crippen LogP contribution in [0.5, 0.6) is 5.75 Å². The highest BCUT2D eigenvalue weighted by atomic mass is 79.9. The average Bonchev–Trinajstić information content (AvgIpc) is 2.84. The third kappa shape index (κ3) is 2.59. The molecule has 0 bridgehead atoms. The topological polar surface area (TPSA) is 45.5 Å². The van der Waals surface area contributed by atoms with Crippen LogP contribution in [0.25, 0.3) is 10.2 Å². The summed E-state index contributed by atoms with van der Waals surface area (Å²) in [5.74, 6) is 0.203. The van der Waals surface area contributed by atoms with E-state index in [1.54, 1.807) is 18.3 Å². The number of hydrogen-bond donors (Lipinski definition) is 1. The fourth-order valence-electron chi connectivity index (χ4n) is 1.88. The second-order valence-electron chi connectivity index (χ2n) is 4.38. The number of aryl methyl sites for hydroxylation is 1. The van der Waals surface area contributed by atoms with Crippen molar-refractivity contribution in [2.24, 2.45) is 4.99 Å². The average molecular weight is 347 g/mol. The van der Waals surface area contributed by atoms with Gasteiger partial charge in [-0.2, -0.15) is 0 Å². The molecule has 5 heteroatoms. The molecule has 0 amide bonds. The van der Waals surface area contributed by atoms with Crippen molar-refractivity contribution in [1.82, 2.24) is 4.98 Å². The fraction of sp³-hybridized carbons (Fsp3) is 0.0667. The van der Waals surface area contributed by atoms with Gasteiger partial charge in [0.05, 0.1) is 10.2 Å². The molecule has 0 spiro atoms. The molecule has 0 saturated carbocycles. The van der Waals surface area contributed by atoms with Gasteiger partial charge in [-0.25, -0.2) is 9.98 Å². The number of aliphatic imine (C=N–C) groups is 1. The predicted molar refractivity (Wildman–Crippen MR) is 87.4 cm³/mol. The van der Waals surface area contributed by atoms with Crippen molar-refractivity contribution in [2.75, 3.05) is 0 Å². The zero-order valence-electron chi connectivity index (χ0n) is 10.7. The number of aromatic hydroxyl groups is 1. The highest BCUT2D eigenvalue weighted by Crippen LogP contribution is 2.30. The van der Waals surface area contributed by atoms with E-state index < -0.39 is 0 Å². The van der Waals surface area contributed by atoms with Gasteiger partial charge in [0.15, 0.2) is 0 Å². The third-order valence-electron chi connectivity index (χ3n) is 2.91. The van der Waals surface area contributed by atoms with Crippen molar-refractivity contribution in [3.05, 3.63) is 52.0 Å². The van der Waals surface area contributed by atoms with Crippen LogP contribution in [0.2, 0.25) is 0 Å². The quantitative estimate of drug-likeness (QED) is 0.676. The molecule has 100 valence electrons. The number of rotatable bonds is 2. The van der Waals surface area contributed by atoms with Crippen LogP contribution in [0.3, 0.4) is 0 Å². The first-order chi connectivity index (χ1) is 9.63. The molecule has 2 aromatic carbocycles. The van der Waals surface area contributed by atoms with Crippen LogP contribution >= 0.6 is 27.3 Å². The van der Waals surface area contributed by atoms with E-state index in [1.165, 1.54) is 11.3 Å². The van der Waals surface area contributed by atoms with Gasteiger partial charge >= 0.3 is 0 Å². The number of hydrogen-bond acceptors (Lipinski definition) is 4. The SMILES string of the molecule is Cc1cccc2sc(/N=C/c3cc(Br)ccc3O)nc12. The van der Waals surface area contributed by atoms with Crippen LogP contribution in [-0.2, 0) is 0 Å². The monoisotopic (exact) mass is 346 g/mol. The Morgan fingerprint density at radius 3 is 2.95 bits per heavy atom. The van der Waals surface area contributed by atoms with Crippen molar-refractivity contribution < 1.29 is 5.11 Å². The predicted octanol–water partition coefficient (Wildman–Crippen LogP) is 4.82. The lowest BCUT2D eigenvalue weighted by Crippen LogP contribution is -1.82. The van der Waals surface area contributed by atoms with Gasteiger partial charge in [0.2, 0.25) is 5.13 Å². The number of para-hydroxylation sites is 1. The molecule has 0 radical (unpaired) electrons. The first-order valence-electron chi connectivity index (χ1n) is 6.02. The maximum Gasteiger partial charge on any atom is 0.210 e. The summed E-state index contributed by atoms with van der Waals surface area (Å²) in [6, 6.07) is 11.3. The molecule has 0 saturated heterocycles. The van der Waals surface area contributed by atoms with Gasteiger partial charge in [-0.15, -0.1) is 0 Å². The van der Waals surface area contributed by atoms with E-state index in [-0.39, 0.29) is 5.75 Å². The number of halogens is 1. The smallest absolute Gasteiger partial charge is 0.210 e. The van der Waals surface area contributed by atoms with Crippen LogP contribution < -0.4 is 0 Å². The number of benzene rings is 2. The van der Waals surface area contributed by atoms with Gasteiger partial charge in [-0.3, -0.25) is 0 Å². The van der Waals surface area contributed by atoms with E-state index in [0.717, 1.165) is 20.3 Å². The van der Waals surface area contributed by atoms with Gasteiger partial charge in [0.25, 0.3) is 0 Å². The van der Waals surface area contributed by atoms with Crippen molar-refractivity contribution in [1.29, 1.82) is 0 Å². The molecule has 0 aliphatic rings. The molecular weight excluding hydrogens is 336 g/mol. The lowest BCUT2D eigenvalue weighted by Gasteiger charge is -1.98. The lowest BCUT2D eigenvalue weighted by molar-refractivity contribution is 0.474. The minimum atomic E-state index is 0.203. The minimum Gasteiger partial charge on any atom is -0.507 e. The molecule has 0 aliphatic carbocycles. The number of fused-ring (bicyclic) bond motifs is 1. The molecule has 3 nitrogen and oxygen atoms in total. The lowest BCUT2D eigenvalue weighted by atomic mass is 10.2. The fourth-order valence-corrected chi connectivity index (χ4v) is 3.15. The Bertz CT molecular complexity index is 811. The van der Waals surface area contributed by atoms with E-state index in [0.29, 0.717) is 10.7 Å². The van der Waals surface area contributed by atoms with Gasteiger partial charge in [0, 0.05) is 16.3 Å². The molecule has 3 aromatic rings. The van der Waals surface area contributed by atoms with Crippen molar-refractivity contribution in [2.45, 2.75) is 6.92 Å². The Kier molecular flexibility index (Phi) is 3.54. The highest BCUT2D eigenvalue weighted by molar-refractivity contribution is 9.10. The Hall–Kier alpha value is -1.72. The molecule has 3 rings (SSSR count). The number of thiazole rings is 1. The summed E-state index contributed by atoms with van der Waals surface area (Å²) >= 11 is 4.91. The van der Waals surface area contributed by atoms with E-state index >= 15 is 0 Å². The molecule has 0 aliphatic heterocycles. The van der Waals surface area contributed by atoms with E-state index in [1.807, 2.05) is 31.2 Å². The summed E-state index contributed by atoms with van der Waals surface area (Å²) < 4.78 is 2.02. The molecular formula is C15H11BrN2OS. The number of nitrogens with zero attached hydrogens (tertiary/aromatic N) is 2. The zero-order chi connectivity index (χ0) is 14.1. The van der Waals surface area contributed by atoms with Crippen molar-refractivity contribution in [3.63, 3.8) is 0 Å². The van der Waals surface area contributed by atoms with E-state index in [4.69, 9.17) is 0 Å². The number of phenolic OH excluding ortho intramolecular Hbond substituents is 1. The Balaban J connectivity index is 1.98. The van der Waals surface area contributed by atoms with Gasteiger partial charge < -0.3 is 5.11 Å². The largest absolute Gasteiger partial charge is 0.507 e. The normalized spacial score (nSPS) is 11.5. The van der Waals surface area contributed by atoms with Crippen LogP contribution in [0, 0.1) is 6.92 Å². The second-order valence-corrected chi connectivity index (χ2v) is 6.30. The van der Waals surface area contributed by atoms with Crippen LogP contribution in [0.15, 0.2) is 45.9 Å². The van der Waals surface area contributed by atoms with Gasteiger partial charge in [-0.1, -0.05) is 39.4 Å². The summed E-state index contributed by atoms with van der Waals surface area (Å²) in [6.07, 6.45) is 1.63. The number of aromatic nitrogens is 1. The standard InChI is InChI=1S/C15H11BrN2OS/c1-9-3-2-4-13-14(9)18-15(20-13)17-8-10-7-11(16)5-6-12(10)19/h2-8,19H,1H3/b17-8+. The minimum absolute atomic E-state index is 0.203. The van der Waals surface area contributed by atoms with Crippen molar-refractivity contribution in [3.8, 4) is 5.75 Å². The van der Waals surface area contributed by atoms with Crippen LogP contribution in [0.4, 0.5) is 5.13 Å². The van der Waals surface area contributed by atoms with E-state index in [9.17, 15) is 5.11 Å². The highest BCUT2D eigenvalue weighted by Gasteiger charge is 2.05. The Morgan fingerprint density at radius 1 is 1.30 bits per heavy atom. The number of phenols is 1. The van der Waals surface area contributed by atoms with E-state index in [2.05, 4.69) is 25.9 Å². The molecule has 1 N–H and O–H groups in total. The van der Waals surface area contributed by atoms with Crippen LogP contribution in [0.1, 0.15) is 11.1 Å². The summed E-state index contributed by atoms with van der Waals surface area (Å²) in [6.45, 7) is 2.04. The molecule has 0 atom stereocenters. The first-order valence-corrected chi connectivity index (χ1v) is 7.63. The first kappa shape index (κ1) is 13.3. The summed E-state index contributed by atoms with van der Waals surface area (Å²) in [4.78, 5) is 8.86. The summed E-state index contributed by atoms with van der Waals surface area (Å²) in [5, 5.41) is 10.5. The maximum atomic E-state index is 9.77. The molecule has 0 fully saturated rings. The van der Waals surface area contributed by atoms with Gasteiger partial charge in [-0.05, 0) is 36.8 Å². The maximum absolute atomic E-state index is 9.77. The molecule has 1 heterocycles. The zero-order valence-corrected chi connectivity index (χ0v) is 13.1. The summed E-state index contributed by atoms with van der Waals surface area (Å²) in [7, 11) is 0. The third-order valence-corrected chi connectivity index (χ3v) is 4.33. The summed E-state index contributed by atoms with van der Waals surface area (Å²) in [5.41, 5.74) is 2.80. The van der Waals surface area contributed by atoms with Crippen LogP contribution in [-0.4, -0.2) is 16.3 Å². The molecule has 20 heavy (non-hydrogen) atoms. The molecule has 1 aromatic heterocycles. The van der Waals surface area contributed by atoms with Gasteiger partial charge in [0.1, 0.15) is 5.75 Å².